The van der Waals surface area contributed by atoms with E-state index in [9.17, 15) is 9.59 Å². The molecule has 100 valence electrons. The van der Waals surface area contributed by atoms with Gasteiger partial charge in [-0.25, -0.2) is 4.68 Å². The third-order valence-corrected chi connectivity index (χ3v) is 2.74. The molecule has 0 unspecified atom stereocenters. The first-order valence-corrected chi connectivity index (χ1v) is 6.10. The van der Waals surface area contributed by atoms with Crippen molar-refractivity contribution in [3.63, 3.8) is 0 Å². The Bertz CT molecular complexity index is 601. The topological polar surface area (TPSA) is 68.9 Å². The Labute approximate surface area is 110 Å². The molecule has 0 aliphatic rings. The van der Waals surface area contributed by atoms with Crippen LogP contribution < -0.4 is 10.9 Å². The lowest BCUT2D eigenvalue weighted by Crippen LogP contribution is -2.29. The van der Waals surface area contributed by atoms with Gasteiger partial charge in [-0.1, -0.05) is 0 Å². The van der Waals surface area contributed by atoms with Crippen LogP contribution in [0.25, 0.3) is 0 Å². The molecule has 0 saturated carbocycles. The van der Waals surface area contributed by atoms with Crippen LogP contribution in [0.15, 0.2) is 41.5 Å². The van der Waals surface area contributed by atoms with Crippen LogP contribution in [0, 0.1) is 0 Å². The summed E-state index contributed by atoms with van der Waals surface area (Å²) < 4.78 is 3.20. The Morgan fingerprint density at radius 1 is 1.32 bits per heavy atom. The van der Waals surface area contributed by atoms with Crippen LogP contribution in [-0.2, 0) is 13.6 Å². The molecule has 6 nitrogen and oxygen atoms in total. The zero-order chi connectivity index (χ0) is 13.7. The van der Waals surface area contributed by atoms with Crippen molar-refractivity contribution < 1.29 is 4.79 Å². The van der Waals surface area contributed by atoms with Gasteiger partial charge in [0, 0.05) is 38.6 Å². The van der Waals surface area contributed by atoms with Crippen molar-refractivity contribution in [1.82, 2.24) is 19.7 Å². The van der Waals surface area contributed by atoms with Crippen molar-refractivity contribution in [3.8, 4) is 0 Å². The van der Waals surface area contributed by atoms with Crippen LogP contribution in [0.4, 0.5) is 0 Å². The highest BCUT2D eigenvalue weighted by Gasteiger charge is 2.07. The summed E-state index contributed by atoms with van der Waals surface area (Å²) >= 11 is 0. The Hall–Kier alpha value is -2.37. The van der Waals surface area contributed by atoms with E-state index in [0.717, 1.165) is 17.6 Å². The highest BCUT2D eigenvalue weighted by Crippen LogP contribution is 1.93. The third-order valence-electron chi connectivity index (χ3n) is 2.74. The van der Waals surface area contributed by atoms with Crippen LogP contribution in [0.1, 0.15) is 16.9 Å². The summed E-state index contributed by atoms with van der Waals surface area (Å²) in [5, 5.41) is 6.67. The van der Waals surface area contributed by atoms with Crippen molar-refractivity contribution >= 4 is 5.91 Å². The van der Waals surface area contributed by atoms with Crippen LogP contribution in [0.5, 0.6) is 0 Å². The Kier molecular flexibility index (Phi) is 4.12. The smallest absolute Gasteiger partial charge is 0.271 e. The Morgan fingerprint density at radius 2 is 2.05 bits per heavy atom. The van der Waals surface area contributed by atoms with Crippen molar-refractivity contribution in [1.29, 1.82) is 0 Å². The number of aromatic nitrogens is 3. The summed E-state index contributed by atoms with van der Waals surface area (Å²) in [4.78, 5) is 22.9. The van der Waals surface area contributed by atoms with Crippen molar-refractivity contribution in [2.24, 2.45) is 7.05 Å². The highest BCUT2D eigenvalue weighted by molar-refractivity contribution is 5.91. The minimum Gasteiger partial charge on any atom is -0.354 e. The molecular formula is C13H16N4O2. The number of amides is 1. The van der Waals surface area contributed by atoms with E-state index in [1.165, 1.54) is 19.2 Å². The first-order valence-electron chi connectivity index (χ1n) is 6.10. The van der Waals surface area contributed by atoms with E-state index in [1.54, 1.807) is 0 Å². The quantitative estimate of drug-likeness (QED) is 0.791. The van der Waals surface area contributed by atoms with Crippen molar-refractivity contribution in [2.75, 3.05) is 6.54 Å². The summed E-state index contributed by atoms with van der Waals surface area (Å²) in [7, 11) is 1.52. The number of rotatable bonds is 5. The van der Waals surface area contributed by atoms with Crippen LogP contribution in [0.2, 0.25) is 0 Å². The average molecular weight is 260 g/mol. The zero-order valence-electron chi connectivity index (χ0n) is 10.7. The molecule has 0 bridgehead atoms. The summed E-state index contributed by atoms with van der Waals surface area (Å²) in [5.74, 6) is -0.261. The molecule has 6 heteroatoms. The highest BCUT2D eigenvalue weighted by atomic mass is 16.2. The molecule has 2 aromatic rings. The maximum absolute atomic E-state index is 11.8. The molecule has 0 spiro atoms. The van der Waals surface area contributed by atoms with Crippen LogP contribution in [-0.4, -0.2) is 26.8 Å². The van der Waals surface area contributed by atoms with E-state index < -0.39 is 0 Å². The van der Waals surface area contributed by atoms with Gasteiger partial charge in [0.05, 0.1) is 0 Å². The van der Waals surface area contributed by atoms with Gasteiger partial charge in [0.1, 0.15) is 5.69 Å². The summed E-state index contributed by atoms with van der Waals surface area (Å²) in [6.07, 6.45) is 4.80. The van der Waals surface area contributed by atoms with Gasteiger partial charge in [-0.15, -0.1) is 0 Å². The largest absolute Gasteiger partial charge is 0.354 e. The molecule has 0 fully saturated rings. The fourth-order valence-corrected chi connectivity index (χ4v) is 1.70. The van der Waals surface area contributed by atoms with Gasteiger partial charge in [-0.3, -0.25) is 9.59 Å². The molecule has 0 aromatic carbocycles. The first kappa shape index (κ1) is 13.1. The molecule has 19 heavy (non-hydrogen) atoms. The number of carbonyl (C=O) groups is 1. The Balaban J connectivity index is 1.80. The SMILES string of the molecule is Cn1nc(C(=O)NCCCn2cccc2)ccc1=O. The summed E-state index contributed by atoms with van der Waals surface area (Å²) in [6, 6.07) is 6.70. The molecule has 1 N–H and O–H groups in total. The molecule has 0 radical (unpaired) electrons. The number of carbonyl (C=O) groups excluding carboxylic acids is 1. The fraction of sp³-hybridized carbons (Fsp3) is 0.308. The second-order valence-corrected chi connectivity index (χ2v) is 4.21. The lowest BCUT2D eigenvalue weighted by Gasteiger charge is -2.06. The number of hydrogen-bond acceptors (Lipinski definition) is 3. The number of aryl methyl sites for hydroxylation is 2. The van der Waals surface area contributed by atoms with E-state index >= 15 is 0 Å². The van der Waals surface area contributed by atoms with Crippen molar-refractivity contribution in [2.45, 2.75) is 13.0 Å². The predicted molar refractivity (Wildman–Crippen MR) is 70.9 cm³/mol. The van der Waals surface area contributed by atoms with Crippen LogP contribution in [0.3, 0.4) is 0 Å². The van der Waals surface area contributed by atoms with Gasteiger partial charge in [-0.2, -0.15) is 5.10 Å². The third kappa shape index (κ3) is 3.54. The normalized spacial score (nSPS) is 10.4. The van der Waals surface area contributed by atoms with E-state index in [1.807, 2.05) is 24.5 Å². The summed E-state index contributed by atoms with van der Waals surface area (Å²) in [6.45, 7) is 1.43. The minimum atomic E-state index is -0.261. The molecule has 0 atom stereocenters. The predicted octanol–water partition coefficient (Wildman–Crippen LogP) is 0.402. The molecule has 0 aliphatic heterocycles. The molecule has 2 heterocycles. The van der Waals surface area contributed by atoms with Crippen molar-refractivity contribution in [3.05, 3.63) is 52.7 Å². The van der Waals surface area contributed by atoms with E-state index in [0.29, 0.717) is 6.54 Å². The van der Waals surface area contributed by atoms with Gasteiger partial charge in [0.15, 0.2) is 0 Å². The maximum atomic E-state index is 11.8. The lowest BCUT2D eigenvalue weighted by molar-refractivity contribution is 0.0945. The van der Waals surface area contributed by atoms with E-state index in [4.69, 9.17) is 0 Å². The van der Waals surface area contributed by atoms with Gasteiger partial charge in [0.25, 0.3) is 11.5 Å². The van der Waals surface area contributed by atoms with Gasteiger partial charge in [0.2, 0.25) is 0 Å². The van der Waals surface area contributed by atoms with Gasteiger partial charge >= 0.3 is 0 Å². The molecule has 0 aliphatic carbocycles. The fourth-order valence-electron chi connectivity index (χ4n) is 1.70. The summed E-state index contributed by atoms with van der Waals surface area (Å²) in [5.41, 5.74) is 0.0206. The Morgan fingerprint density at radius 3 is 2.74 bits per heavy atom. The molecule has 2 rings (SSSR count). The average Bonchev–Trinajstić information content (AvgIpc) is 2.91. The van der Waals surface area contributed by atoms with E-state index in [2.05, 4.69) is 15.0 Å². The van der Waals surface area contributed by atoms with E-state index in [-0.39, 0.29) is 17.2 Å². The molecule has 2 aromatic heterocycles. The number of hydrogen-bond donors (Lipinski definition) is 1. The molecule has 0 saturated heterocycles. The number of nitrogens with zero attached hydrogens (tertiary/aromatic N) is 3. The van der Waals surface area contributed by atoms with Crippen LogP contribution >= 0.6 is 0 Å². The number of nitrogens with one attached hydrogen (secondary N) is 1. The first-order chi connectivity index (χ1) is 9.16. The standard InChI is InChI=1S/C13H16N4O2/c1-16-12(18)6-5-11(15-16)13(19)14-7-4-10-17-8-2-3-9-17/h2-3,5-6,8-9H,4,7,10H2,1H3,(H,14,19). The minimum absolute atomic E-state index is 0.232. The van der Waals surface area contributed by atoms with Gasteiger partial charge in [-0.05, 0) is 24.6 Å². The zero-order valence-corrected chi connectivity index (χ0v) is 10.7. The molecular weight excluding hydrogens is 244 g/mol. The second kappa shape index (κ2) is 5.99. The lowest BCUT2D eigenvalue weighted by atomic mass is 10.3. The molecule has 1 amide bonds. The monoisotopic (exact) mass is 260 g/mol. The maximum Gasteiger partial charge on any atom is 0.271 e. The van der Waals surface area contributed by atoms with Gasteiger partial charge < -0.3 is 9.88 Å². The second-order valence-electron chi connectivity index (χ2n) is 4.21.